The number of thiazole rings is 1. The van der Waals surface area contributed by atoms with Crippen molar-refractivity contribution in [2.24, 2.45) is 0 Å². The fraction of sp³-hybridized carbons (Fsp3) is 0.357. The number of fused-ring (bicyclic) bond motifs is 1. The van der Waals surface area contributed by atoms with Gasteiger partial charge in [0, 0.05) is 23.0 Å². The molecule has 7 heteroatoms. The number of nitrogens with zero attached hydrogens (tertiary/aromatic N) is 3. The summed E-state index contributed by atoms with van der Waals surface area (Å²) in [6.07, 6.45) is 1.78. The summed E-state index contributed by atoms with van der Waals surface area (Å²) in [5.41, 5.74) is 1.23. The zero-order valence-electron chi connectivity index (χ0n) is 12.1. The first-order valence-corrected chi connectivity index (χ1v) is 8.44. The van der Waals surface area contributed by atoms with E-state index in [0.717, 1.165) is 22.6 Å². The maximum atomic E-state index is 11.7. The van der Waals surface area contributed by atoms with Crippen molar-refractivity contribution in [3.8, 4) is 0 Å². The van der Waals surface area contributed by atoms with Crippen LogP contribution in [0, 0.1) is 13.8 Å². The van der Waals surface area contributed by atoms with Crippen LogP contribution < -0.4 is 10.2 Å². The quantitative estimate of drug-likeness (QED) is 0.803. The van der Waals surface area contributed by atoms with E-state index in [9.17, 15) is 4.79 Å². The molecule has 3 aromatic rings. The van der Waals surface area contributed by atoms with Crippen LogP contribution >= 0.6 is 22.7 Å². The molecular formula is C14H16N4OS2. The SMILES string of the molecule is CCNc1nc(Cn2ccsc2=O)nc2sc(C)c(C)c12. The molecule has 3 rings (SSSR count). The molecule has 0 fully saturated rings. The van der Waals surface area contributed by atoms with Crippen LogP contribution in [-0.2, 0) is 6.54 Å². The van der Waals surface area contributed by atoms with Crippen LogP contribution in [-0.4, -0.2) is 21.1 Å². The van der Waals surface area contributed by atoms with Crippen molar-refractivity contribution in [1.29, 1.82) is 0 Å². The molecule has 0 aromatic carbocycles. The molecule has 0 aliphatic heterocycles. The number of nitrogens with one attached hydrogen (secondary N) is 1. The molecule has 0 aliphatic rings. The van der Waals surface area contributed by atoms with E-state index >= 15 is 0 Å². The fourth-order valence-corrected chi connectivity index (χ4v) is 3.85. The van der Waals surface area contributed by atoms with Crippen molar-refractivity contribution in [1.82, 2.24) is 14.5 Å². The number of thiophene rings is 1. The zero-order chi connectivity index (χ0) is 15.0. The molecular weight excluding hydrogens is 304 g/mol. The van der Waals surface area contributed by atoms with Crippen LogP contribution in [0.15, 0.2) is 16.4 Å². The van der Waals surface area contributed by atoms with Gasteiger partial charge in [-0.05, 0) is 26.3 Å². The molecule has 0 radical (unpaired) electrons. The molecule has 0 saturated heterocycles. The van der Waals surface area contributed by atoms with E-state index in [-0.39, 0.29) is 4.87 Å². The smallest absolute Gasteiger partial charge is 0.307 e. The highest BCUT2D eigenvalue weighted by Crippen LogP contribution is 2.33. The standard InChI is InChI=1S/C14H16N4OS2/c1-4-15-12-11-8(2)9(3)21-13(11)17-10(16-12)7-18-5-6-20-14(18)19/h5-6H,4,7H2,1-3H3,(H,15,16,17). The number of anilines is 1. The van der Waals surface area contributed by atoms with E-state index in [2.05, 4.69) is 29.1 Å². The van der Waals surface area contributed by atoms with Crippen LogP contribution in [0.3, 0.4) is 0 Å². The molecule has 0 amide bonds. The summed E-state index contributed by atoms with van der Waals surface area (Å²) in [5, 5.41) is 6.19. The maximum absolute atomic E-state index is 11.7. The van der Waals surface area contributed by atoms with E-state index in [1.54, 1.807) is 27.5 Å². The summed E-state index contributed by atoms with van der Waals surface area (Å²) in [4.78, 5) is 23.2. The molecule has 0 bridgehead atoms. The van der Waals surface area contributed by atoms with Gasteiger partial charge in [0.2, 0.25) is 0 Å². The van der Waals surface area contributed by atoms with Gasteiger partial charge in [-0.3, -0.25) is 9.36 Å². The van der Waals surface area contributed by atoms with Gasteiger partial charge in [-0.25, -0.2) is 9.97 Å². The molecule has 1 N–H and O–H groups in total. The van der Waals surface area contributed by atoms with E-state index in [0.29, 0.717) is 12.4 Å². The Labute approximate surface area is 130 Å². The lowest BCUT2D eigenvalue weighted by atomic mass is 10.2. The summed E-state index contributed by atoms with van der Waals surface area (Å²) in [7, 11) is 0. The van der Waals surface area contributed by atoms with Gasteiger partial charge in [0.25, 0.3) is 0 Å². The molecule has 110 valence electrons. The van der Waals surface area contributed by atoms with Crippen molar-refractivity contribution in [2.75, 3.05) is 11.9 Å². The number of aromatic nitrogens is 3. The predicted molar refractivity (Wildman–Crippen MR) is 88.7 cm³/mol. The van der Waals surface area contributed by atoms with Crippen molar-refractivity contribution >= 4 is 38.7 Å². The minimum absolute atomic E-state index is 0.0160. The first-order valence-electron chi connectivity index (χ1n) is 6.74. The third-order valence-corrected chi connectivity index (χ3v) is 5.17. The Morgan fingerprint density at radius 2 is 2.14 bits per heavy atom. The average molecular weight is 320 g/mol. The third kappa shape index (κ3) is 2.58. The Bertz CT molecular complexity index is 846. The summed E-state index contributed by atoms with van der Waals surface area (Å²) >= 11 is 2.86. The first-order chi connectivity index (χ1) is 10.1. The summed E-state index contributed by atoms with van der Waals surface area (Å²) in [6.45, 7) is 7.46. The Morgan fingerprint density at radius 1 is 1.33 bits per heavy atom. The van der Waals surface area contributed by atoms with Crippen LogP contribution in [0.1, 0.15) is 23.2 Å². The molecule has 3 heterocycles. The molecule has 0 spiro atoms. The summed E-state index contributed by atoms with van der Waals surface area (Å²) < 4.78 is 1.63. The van der Waals surface area contributed by atoms with E-state index < -0.39 is 0 Å². The van der Waals surface area contributed by atoms with Crippen LogP contribution in [0.4, 0.5) is 5.82 Å². The minimum atomic E-state index is 0.0160. The van der Waals surface area contributed by atoms with Gasteiger partial charge in [0.05, 0.1) is 11.9 Å². The molecule has 0 atom stereocenters. The second-order valence-corrected chi connectivity index (χ2v) is 6.84. The predicted octanol–water partition coefficient (Wildman–Crippen LogP) is 3.01. The highest BCUT2D eigenvalue weighted by atomic mass is 32.1. The van der Waals surface area contributed by atoms with Gasteiger partial charge in [0.1, 0.15) is 10.6 Å². The zero-order valence-corrected chi connectivity index (χ0v) is 13.8. The number of rotatable bonds is 4. The Kier molecular flexibility index (Phi) is 3.77. The Hall–Kier alpha value is -1.73. The molecule has 0 saturated carbocycles. The number of hydrogen-bond donors (Lipinski definition) is 1. The minimum Gasteiger partial charge on any atom is -0.370 e. The second-order valence-electron chi connectivity index (χ2n) is 4.78. The monoisotopic (exact) mass is 320 g/mol. The fourth-order valence-electron chi connectivity index (χ4n) is 2.22. The van der Waals surface area contributed by atoms with E-state index in [1.807, 2.05) is 6.92 Å². The Morgan fingerprint density at radius 3 is 2.81 bits per heavy atom. The average Bonchev–Trinajstić information content (AvgIpc) is 2.95. The molecule has 0 aliphatic carbocycles. The number of hydrogen-bond acceptors (Lipinski definition) is 6. The van der Waals surface area contributed by atoms with Gasteiger partial charge in [-0.1, -0.05) is 11.3 Å². The lowest BCUT2D eigenvalue weighted by molar-refractivity contribution is 0.739. The van der Waals surface area contributed by atoms with Crippen LogP contribution in [0.5, 0.6) is 0 Å². The summed E-state index contributed by atoms with van der Waals surface area (Å²) in [6, 6.07) is 0. The van der Waals surface area contributed by atoms with Gasteiger partial charge in [-0.15, -0.1) is 11.3 Å². The van der Waals surface area contributed by atoms with Crippen LogP contribution in [0.25, 0.3) is 10.2 Å². The van der Waals surface area contributed by atoms with E-state index in [1.165, 1.54) is 21.8 Å². The van der Waals surface area contributed by atoms with Crippen molar-refractivity contribution in [3.05, 3.63) is 37.5 Å². The molecule has 5 nitrogen and oxygen atoms in total. The molecule has 3 aromatic heterocycles. The highest BCUT2D eigenvalue weighted by molar-refractivity contribution is 7.18. The first kappa shape index (κ1) is 14.2. The molecule has 21 heavy (non-hydrogen) atoms. The largest absolute Gasteiger partial charge is 0.370 e. The second kappa shape index (κ2) is 5.57. The lowest BCUT2D eigenvalue weighted by Gasteiger charge is -2.08. The van der Waals surface area contributed by atoms with Gasteiger partial charge in [0.15, 0.2) is 5.82 Å². The van der Waals surface area contributed by atoms with Crippen molar-refractivity contribution < 1.29 is 0 Å². The Balaban J connectivity index is 2.12. The topological polar surface area (TPSA) is 59.8 Å². The highest BCUT2D eigenvalue weighted by Gasteiger charge is 2.14. The normalized spacial score (nSPS) is 11.2. The number of aryl methyl sites for hydroxylation is 2. The third-order valence-electron chi connectivity index (χ3n) is 3.38. The van der Waals surface area contributed by atoms with E-state index in [4.69, 9.17) is 0 Å². The lowest BCUT2D eigenvalue weighted by Crippen LogP contribution is -2.15. The maximum Gasteiger partial charge on any atom is 0.307 e. The van der Waals surface area contributed by atoms with Crippen molar-refractivity contribution in [3.63, 3.8) is 0 Å². The van der Waals surface area contributed by atoms with Gasteiger partial charge in [-0.2, -0.15) is 0 Å². The van der Waals surface area contributed by atoms with Gasteiger partial charge < -0.3 is 5.32 Å². The van der Waals surface area contributed by atoms with Crippen LogP contribution in [0.2, 0.25) is 0 Å². The van der Waals surface area contributed by atoms with Gasteiger partial charge >= 0.3 is 4.87 Å². The molecule has 0 unspecified atom stereocenters. The summed E-state index contributed by atoms with van der Waals surface area (Å²) in [5.74, 6) is 1.53. The van der Waals surface area contributed by atoms with Crippen molar-refractivity contribution in [2.45, 2.75) is 27.3 Å².